The van der Waals surface area contributed by atoms with Gasteiger partial charge in [0.2, 0.25) is 10.0 Å². The van der Waals surface area contributed by atoms with E-state index in [0.29, 0.717) is 30.4 Å². The summed E-state index contributed by atoms with van der Waals surface area (Å²) in [6.07, 6.45) is 0. The van der Waals surface area contributed by atoms with E-state index in [-0.39, 0.29) is 10.9 Å². The fraction of sp³-hybridized carbons (Fsp3) is 0.312. The van der Waals surface area contributed by atoms with E-state index < -0.39 is 15.8 Å². The Bertz CT molecular complexity index is 1080. The van der Waals surface area contributed by atoms with Gasteiger partial charge in [0.05, 0.1) is 6.04 Å². The van der Waals surface area contributed by atoms with Gasteiger partial charge in [0.25, 0.3) is 0 Å². The van der Waals surface area contributed by atoms with Crippen LogP contribution < -0.4 is 4.90 Å². The van der Waals surface area contributed by atoms with Crippen LogP contribution in [0.4, 0.5) is 10.2 Å². The van der Waals surface area contributed by atoms with Crippen molar-refractivity contribution in [2.75, 3.05) is 25.0 Å². The molecule has 0 unspecified atom stereocenters. The summed E-state index contributed by atoms with van der Waals surface area (Å²) in [6.45, 7) is 2.76. The lowest BCUT2D eigenvalue weighted by molar-refractivity contribution is 0.308. The zero-order valence-corrected chi connectivity index (χ0v) is 15.1. The Hall–Kier alpha value is -2.59. The molecule has 3 heterocycles. The van der Waals surface area contributed by atoms with Gasteiger partial charge in [0.15, 0.2) is 11.5 Å². The van der Waals surface area contributed by atoms with Crippen molar-refractivity contribution in [3.8, 4) is 0 Å². The van der Waals surface area contributed by atoms with Crippen molar-refractivity contribution in [2.45, 2.75) is 17.9 Å². The molecular weight excluding hydrogens is 359 g/mol. The minimum absolute atomic E-state index is 0.251. The van der Waals surface area contributed by atoms with Gasteiger partial charge in [-0.2, -0.15) is 8.82 Å². The Labute approximate surface area is 149 Å². The maximum Gasteiger partial charge on any atom is 0.246 e. The number of benzene rings is 1. The largest absolute Gasteiger partial charge is 0.352 e. The van der Waals surface area contributed by atoms with Crippen molar-refractivity contribution >= 4 is 21.5 Å². The molecule has 8 nitrogen and oxygen atoms in total. The molecule has 0 saturated carbocycles. The second-order valence-electron chi connectivity index (χ2n) is 6.22. The summed E-state index contributed by atoms with van der Waals surface area (Å²) in [5.74, 6) is 0.650. The number of sulfonamides is 1. The van der Waals surface area contributed by atoms with Crippen LogP contribution in [-0.2, 0) is 10.0 Å². The Morgan fingerprint density at radius 1 is 1.15 bits per heavy atom. The third-order valence-corrected chi connectivity index (χ3v) is 6.54. The second-order valence-corrected chi connectivity index (χ2v) is 8.19. The lowest BCUT2D eigenvalue weighted by Gasteiger charge is -2.43. The predicted molar refractivity (Wildman–Crippen MR) is 92.9 cm³/mol. The van der Waals surface area contributed by atoms with Crippen molar-refractivity contribution < 1.29 is 12.8 Å². The Morgan fingerprint density at radius 3 is 2.62 bits per heavy atom. The first kappa shape index (κ1) is 16.9. The van der Waals surface area contributed by atoms with E-state index in [1.807, 2.05) is 24.0 Å². The molecule has 2 aromatic heterocycles. The molecule has 0 N–H and O–H groups in total. The van der Waals surface area contributed by atoms with Crippen molar-refractivity contribution in [3.63, 3.8) is 0 Å². The summed E-state index contributed by atoms with van der Waals surface area (Å²) >= 11 is 0. The van der Waals surface area contributed by atoms with Gasteiger partial charge in [-0.15, -0.1) is 15.3 Å². The SMILES string of the molecule is Cc1nnc2ccc(N3CC(N(C)S(=O)(=O)c4ccccc4F)C3)nn12. The first-order valence-electron chi connectivity index (χ1n) is 8.04. The highest BCUT2D eigenvalue weighted by molar-refractivity contribution is 7.89. The molecule has 136 valence electrons. The zero-order chi connectivity index (χ0) is 18.5. The highest BCUT2D eigenvalue weighted by Gasteiger charge is 2.38. The highest BCUT2D eigenvalue weighted by atomic mass is 32.2. The van der Waals surface area contributed by atoms with Crippen molar-refractivity contribution in [3.05, 3.63) is 48.0 Å². The molecule has 0 aliphatic carbocycles. The van der Waals surface area contributed by atoms with E-state index >= 15 is 0 Å². The monoisotopic (exact) mass is 376 g/mol. The average molecular weight is 376 g/mol. The van der Waals surface area contributed by atoms with Gasteiger partial charge in [0.1, 0.15) is 16.5 Å². The minimum Gasteiger partial charge on any atom is -0.352 e. The predicted octanol–water partition coefficient (Wildman–Crippen LogP) is 1.08. The van der Waals surface area contributed by atoms with E-state index in [9.17, 15) is 12.8 Å². The highest BCUT2D eigenvalue weighted by Crippen LogP contribution is 2.26. The first-order valence-corrected chi connectivity index (χ1v) is 9.48. The summed E-state index contributed by atoms with van der Waals surface area (Å²) < 4.78 is 42.0. The molecule has 0 bridgehead atoms. The van der Waals surface area contributed by atoms with Crippen LogP contribution in [0.1, 0.15) is 5.82 Å². The molecule has 0 amide bonds. The average Bonchev–Trinajstić information content (AvgIpc) is 2.94. The molecule has 26 heavy (non-hydrogen) atoms. The quantitative estimate of drug-likeness (QED) is 0.678. The molecule has 0 atom stereocenters. The molecule has 0 radical (unpaired) electrons. The van der Waals surface area contributed by atoms with Crippen molar-refractivity contribution in [1.82, 2.24) is 24.1 Å². The Balaban J connectivity index is 1.51. The summed E-state index contributed by atoms with van der Waals surface area (Å²) in [5.41, 5.74) is 0.655. The second kappa shape index (κ2) is 5.99. The number of hydrogen-bond acceptors (Lipinski definition) is 6. The maximum atomic E-state index is 13.9. The molecule has 3 aromatic rings. The molecule has 1 aliphatic heterocycles. The topological polar surface area (TPSA) is 83.7 Å². The summed E-state index contributed by atoms with van der Waals surface area (Å²) in [6, 6.07) is 8.79. The normalized spacial score (nSPS) is 15.6. The summed E-state index contributed by atoms with van der Waals surface area (Å²) in [7, 11) is -2.41. The lowest BCUT2D eigenvalue weighted by Crippen LogP contribution is -2.60. The van der Waals surface area contributed by atoms with Gasteiger partial charge in [0, 0.05) is 20.1 Å². The molecule has 1 aliphatic rings. The first-order chi connectivity index (χ1) is 12.4. The Morgan fingerprint density at radius 2 is 1.88 bits per heavy atom. The van der Waals surface area contributed by atoms with Crippen molar-refractivity contribution in [1.29, 1.82) is 0 Å². The van der Waals surface area contributed by atoms with E-state index in [4.69, 9.17) is 0 Å². The van der Waals surface area contributed by atoms with E-state index in [2.05, 4.69) is 15.3 Å². The summed E-state index contributed by atoms with van der Waals surface area (Å²) in [4.78, 5) is 1.65. The number of fused-ring (bicyclic) bond motifs is 1. The Kier molecular flexibility index (Phi) is 3.88. The van der Waals surface area contributed by atoms with Gasteiger partial charge in [-0.1, -0.05) is 12.1 Å². The molecule has 4 rings (SSSR count). The van der Waals surface area contributed by atoms with Gasteiger partial charge in [-0.3, -0.25) is 0 Å². The van der Waals surface area contributed by atoms with Crippen LogP contribution in [0.25, 0.3) is 5.65 Å². The van der Waals surface area contributed by atoms with Crippen LogP contribution in [0.2, 0.25) is 0 Å². The molecule has 1 fully saturated rings. The number of aryl methyl sites for hydroxylation is 1. The molecule has 10 heteroatoms. The summed E-state index contributed by atoms with van der Waals surface area (Å²) in [5, 5.41) is 12.4. The van der Waals surface area contributed by atoms with E-state index in [0.717, 1.165) is 6.07 Å². The van der Waals surface area contributed by atoms with Crippen LogP contribution in [0.3, 0.4) is 0 Å². The smallest absolute Gasteiger partial charge is 0.246 e. The fourth-order valence-electron chi connectivity index (χ4n) is 2.93. The van der Waals surface area contributed by atoms with Crippen LogP contribution in [0.5, 0.6) is 0 Å². The third kappa shape index (κ3) is 2.61. The number of likely N-dealkylation sites (N-methyl/N-ethyl adjacent to an activating group) is 1. The van der Waals surface area contributed by atoms with Crippen molar-refractivity contribution in [2.24, 2.45) is 0 Å². The number of nitrogens with zero attached hydrogens (tertiary/aromatic N) is 6. The molecule has 1 saturated heterocycles. The van der Waals surface area contributed by atoms with E-state index in [1.165, 1.54) is 29.6 Å². The number of hydrogen-bond donors (Lipinski definition) is 0. The molecule has 1 aromatic carbocycles. The number of aromatic nitrogens is 4. The minimum atomic E-state index is -3.88. The maximum absolute atomic E-state index is 13.9. The number of anilines is 1. The standard InChI is InChI=1S/C16H17FN6O2S/c1-11-18-19-15-7-8-16(20-23(11)15)22-9-12(10-22)21(2)26(24,25)14-6-4-3-5-13(14)17/h3-8,12H,9-10H2,1-2H3. The number of halogens is 1. The van der Waals surface area contributed by atoms with Gasteiger partial charge in [-0.25, -0.2) is 12.8 Å². The van der Waals surface area contributed by atoms with E-state index in [1.54, 1.807) is 4.52 Å². The number of rotatable bonds is 4. The van der Waals surface area contributed by atoms with Gasteiger partial charge < -0.3 is 4.90 Å². The molecule has 0 spiro atoms. The zero-order valence-electron chi connectivity index (χ0n) is 14.2. The van der Waals surface area contributed by atoms with Gasteiger partial charge >= 0.3 is 0 Å². The van der Waals surface area contributed by atoms with Crippen LogP contribution >= 0.6 is 0 Å². The fourth-order valence-corrected chi connectivity index (χ4v) is 4.33. The third-order valence-electron chi connectivity index (χ3n) is 4.60. The van der Waals surface area contributed by atoms with Crippen LogP contribution in [0, 0.1) is 12.7 Å². The molecular formula is C16H17FN6O2S. The van der Waals surface area contributed by atoms with Crippen LogP contribution in [0.15, 0.2) is 41.3 Å². The van der Waals surface area contributed by atoms with Crippen LogP contribution in [-0.4, -0.2) is 58.7 Å². The lowest BCUT2D eigenvalue weighted by atomic mass is 10.1. The van der Waals surface area contributed by atoms with Gasteiger partial charge in [-0.05, 0) is 31.2 Å².